The van der Waals surface area contributed by atoms with Crippen LogP contribution in [0.2, 0.25) is 0 Å². The number of phenolic OH excluding ortho intramolecular Hbond substituents is 1. The molecule has 33 heavy (non-hydrogen) atoms. The Morgan fingerprint density at radius 1 is 1.30 bits per heavy atom. The van der Waals surface area contributed by atoms with Crippen LogP contribution in [-0.2, 0) is 28.7 Å². The number of esters is 1. The molecular formula is C23H23BrClN3O4S. The molecular weight excluding hydrogens is 530 g/mol. The van der Waals surface area contributed by atoms with Crippen LogP contribution in [0.15, 0.2) is 58.4 Å². The Morgan fingerprint density at radius 2 is 2.00 bits per heavy atom. The summed E-state index contributed by atoms with van der Waals surface area (Å²) in [4.78, 5) is 17.9. The molecule has 0 aliphatic rings. The van der Waals surface area contributed by atoms with Gasteiger partial charge < -0.3 is 23.5 Å². The minimum absolute atomic E-state index is 0. The molecule has 1 unspecified atom stereocenters. The van der Waals surface area contributed by atoms with Crippen LogP contribution in [-0.4, -0.2) is 36.4 Å². The van der Waals surface area contributed by atoms with E-state index < -0.39 is 17.1 Å². The Morgan fingerprint density at radius 3 is 2.61 bits per heavy atom. The van der Waals surface area contributed by atoms with E-state index in [0.29, 0.717) is 31.7 Å². The van der Waals surface area contributed by atoms with Crippen LogP contribution >= 0.6 is 28.3 Å². The molecule has 1 atom stereocenters. The lowest BCUT2D eigenvalue weighted by Gasteiger charge is -2.14. The van der Waals surface area contributed by atoms with Crippen molar-refractivity contribution in [1.82, 2.24) is 14.1 Å². The van der Waals surface area contributed by atoms with Gasteiger partial charge >= 0.3 is 5.97 Å². The first-order valence-corrected chi connectivity index (χ1v) is 12.1. The smallest absolute Gasteiger partial charge is 0.340 e. The van der Waals surface area contributed by atoms with Crippen LogP contribution in [0.3, 0.4) is 0 Å². The number of aryl methyl sites for hydroxylation is 2. The van der Waals surface area contributed by atoms with Gasteiger partial charge in [-0.1, -0.05) is 18.2 Å². The fraction of sp³-hybridized carbons (Fsp3) is 0.217. The summed E-state index contributed by atoms with van der Waals surface area (Å²) in [5.41, 5.74) is 2.77. The molecule has 0 saturated heterocycles. The number of aromatic nitrogens is 3. The highest BCUT2D eigenvalue weighted by molar-refractivity contribution is 9.10. The fourth-order valence-corrected chi connectivity index (χ4v) is 5.51. The second-order valence-corrected chi connectivity index (χ2v) is 9.48. The highest BCUT2D eigenvalue weighted by Crippen LogP contribution is 2.44. The maximum absolute atomic E-state index is 13.2. The van der Waals surface area contributed by atoms with Gasteiger partial charge in [-0.3, -0.25) is 0 Å². The number of halogens is 2. The summed E-state index contributed by atoms with van der Waals surface area (Å²) >= 11 is 2.10. The number of carbonyl (C=O) groups is 1. The van der Waals surface area contributed by atoms with Crippen molar-refractivity contribution < 1.29 is 19.2 Å². The Bertz CT molecular complexity index is 1290. The summed E-state index contributed by atoms with van der Waals surface area (Å²) in [6.45, 7) is 3.79. The lowest BCUT2D eigenvalue weighted by atomic mass is 10.0. The molecule has 0 bridgehead atoms. The van der Waals surface area contributed by atoms with Gasteiger partial charge in [0, 0.05) is 24.8 Å². The summed E-state index contributed by atoms with van der Waals surface area (Å²) in [5, 5.41) is 11.6. The molecule has 174 valence electrons. The Labute approximate surface area is 209 Å². The third-order valence-electron chi connectivity index (χ3n) is 5.39. The van der Waals surface area contributed by atoms with Crippen molar-refractivity contribution in [3.05, 3.63) is 70.3 Å². The van der Waals surface area contributed by atoms with Gasteiger partial charge in [-0.15, -0.1) is 12.4 Å². The Balaban J connectivity index is 0.00000306. The maximum Gasteiger partial charge on any atom is 0.340 e. The van der Waals surface area contributed by atoms with Crippen LogP contribution < -0.4 is 0 Å². The summed E-state index contributed by atoms with van der Waals surface area (Å²) in [7, 11) is 1.83. The SMILES string of the molecule is CCOC(=O)c1c(C[S+]([O-])c2ccccc2)n(C)c2c(C)c(Br)c(O)c(-n3ccnc3)c12.Cl. The van der Waals surface area contributed by atoms with Crippen molar-refractivity contribution in [2.45, 2.75) is 24.5 Å². The van der Waals surface area contributed by atoms with E-state index in [1.54, 1.807) is 42.3 Å². The molecule has 4 rings (SSSR count). The number of imidazole rings is 1. The number of aromatic hydroxyl groups is 1. The zero-order valence-electron chi connectivity index (χ0n) is 18.2. The maximum atomic E-state index is 13.2. The van der Waals surface area contributed by atoms with Crippen LogP contribution in [0, 0.1) is 6.92 Å². The summed E-state index contributed by atoms with van der Waals surface area (Å²) in [6.07, 6.45) is 4.84. The van der Waals surface area contributed by atoms with E-state index in [0.717, 1.165) is 11.1 Å². The lowest BCUT2D eigenvalue weighted by molar-refractivity contribution is 0.0527. The first-order chi connectivity index (χ1) is 15.4. The third kappa shape index (κ3) is 4.38. The topological polar surface area (TPSA) is 92.3 Å². The van der Waals surface area contributed by atoms with Gasteiger partial charge in [0.1, 0.15) is 5.69 Å². The summed E-state index contributed by atoms with van der Waals surface area (Å²) in [6, 6.07) is 9.12. The monoisotopic (exact) mass is 551 g/mol. The van der Waals surface area contributed by atoms with Crippen LogP contribution in [0.25, 0.3) is 16.6 Å². The van der Waals surface area contributed by atoms with E-state index in [9.17, 15) is 14.5 Å². The fourth-order valence-electron chi connectivity index (χ4n) is 3.92. The molecule has 0 amide bonds. The molecule has 2 aromatic carbocycles. The Kier molecular flexibility index (Phi) is 7.79. The third-order valence-corrected chi connectivity index (χ3v) is 7.69. The molecule has 0 aliphatic carbocycles. The molecule has 7 nitrogen and oxygen atoms in total. The molecule has 0 radical (unpaired) electrons. The minimum atomic E-state index is -1.38. The lowest BCUT2D eigenvalue weighted by Crippen LogP contribution is -2.14. The number of nitrogens with zero attached hydrogens (tertiary/aromatic N) is 3. The second-order valence-electron chi connectivity index (χ2n) is 7.23. The molecule has 10 heteroatoms. The van der Waals surface area contributed by atoms with Gasteiger partial charge in [0.05, 0.1) is 34.2 Å². The van der Waals surface area contributed by atoms with E-state index in [1.807, 2.05) is 36.7 Å². The predicted molar refractivity (Wildman–Crippen MR) is 134 cm³/mol. The van der Waals surface area contributed by atoms with Gasteiger partial charge in [0.15, 0.2) is 16.4 Å². The average Bonchev–Trinajstić information content (AvgIpc) is 3.41. The number of hydrogen-bond acceptors (Lipinski definition) is 5. The van der Waals surface area contributed by atoms with Crippen LogP contribution in [0.4, 0.5) is 0 Å². The summed E-state index contributed by atoms with van der Waals surface area (Å²) in [5.74, 6) is -0.426. The number of ether oxygens (including phenoxy) is 1. The molecule has 0 saturated carbocycles. The highest BCUT2D eigenvalue weighted by Gasteiger charge is 2.32. The molecule has 0 aliphatic heterocycles. The van der Waals surface area contributed by atoms with Crippen molar-refractivity contribution in [3.8, 4) is 11.4 Å². The van der Waals surface area contributed by atoms with Crippen molar-refractivity contribution in [3.63, 3.8) is 0 Å². The van der Waals surface area contributed by atoms with E-state index in [2.05, 4.69) is 20.9 Å². The van der Waals surface area contributed by atoms with Crippen LogP contribution in [0.1, 0.15) is 28.5 Å². The number of phenols is 1. The number of fused-ring (bicyclic) bond motifs is 1. The first kappa shape index (κ1) is 25.2. The van der Waals surface area contributed by atoms with E-state index >= 15 is 0 Å². The quantitative estimate of drug-likeness (QED) is 0.267. The Hall–Kier alpha value is -2.46. The molecule has 4 aromatic rings. The standard InChI is InChI=1S/C23H22BrN3O4S.ClH/c1-4-31-23(29)17-16(12-32(30)15-8-6-5-7-9-15)26(3)20-14(2)19(24)22(28)21(18(17)20)27-11-10-25-13-27;/h5-11,13,28H,4,12H2,1-3H3;1H. The van der Waals surface area contributed by atoms with Gasteiger partial charge in [-0.2, -0.15) is 0 Å². The number of rotatable bonds is 6. The number of benzene rings is 2. The number of hydrogen-bond donors (Lipinski definition) is 1. The normalized spacial score (nSPS) is 11.9. The van der Waals surface area contributed by atoms with Crippen molar-refractivity contribution >= 4 is 56.4 Å². The molecule has 0 spiro atoms. The number of carbonyl (C=O) groups excluding carboxylic acids is 1. The highest BCUT2D eigenvalue weighted by atomic mass is 79.9. The van der Waals surface area contributed by atoms with Crippen LogP contribution in [0.5, 0.6) is 5.75 Å². The van der Waals surface area contributed by atoms with Crippen molar-refractivity contribution in [2.24, 2.45) is 7.05 Å². The van der Waals surface area contributed by atoms with Gasteiger partial charge in [-0.05, 0) is 58.6 Å². The summed E-state index contributed by atoms with van der Waals surface area (Å²) < 4.78 is 22.6. The van der Waals surface area contributed by atoms with Gasteiger partial charge in [0.25, 0.3) is 0 Å². The molecule has 0 fully saturated rings. The molecule has 2 aromatic heterocycles. The average molecular weight is 553 g/mol. The van der Waals surface area contributed by atoms with Crippen molar-refractivity contribution in [1.29, 1.82) is 0 Å². The van der Waals surface area contributed by atoms with Crippen molar-refractivity contribution in [2.75, 3.05) is 6.61 Å². The zero-order chi connectivity index (χ0) is 23.0. The second kappa shape index (κ2) is 10.2. The van der Waals surface area contributed by atoms with Gasteiger partial charge in [0.2, 0.25) is 0 Å². The van der Waals surface area contributed by atoms with E-state index in [1.165, 1.54) is 0 Å². The van der Waals surface area contributed by atoms with E-state index in [-0.39, 0.29) is 30.5 Å². The molecule has 2 heterocycles. The van der Waals surface area contributed by atoms with Gasteiger partial charge in [-0.25, -0.2) is 9.78 Å². The van der Waals surface area contributed by atoms with E-state index in [4.69, 9.17) is 4.74 Å². The largest absolute Gasteiger partial charge is 0.611 e. The predicted octanol–water partition coefficient (Wildman–Crippen LogP) is 5.05. The molecule has 1 N–H and O–H groups in total. The minimum Gasteiger partial charge on any atom is -0.611 e. The first-order valence-electron chi connectivity index (χ1n) is 9.97. The zero-order valence-corrected chi connectivity index (χ0v) is 21.5.